The number of benzene rings is 2. The lowest BCUT2D eigenvalue weighted by atomic mass is 9.98. The molecule has 1 N–H and O–H groups in total. The van der Waals surface area contributed by atoms with Crippen LogP contribution in [0.1, 0.15) is 46.3 Å². The maximum absolute atomic E-state index is 14.5. The van der Waals surface area contributed by atoms with Crippen molar-refractivity contribution in [2.75, 3.05) is 24.6 Å². The molecule has 2 unspecified atom stereocenters. The summed E-state index contributed by atoms with van der Waals surface area (Å²) in [7, 11) is 1.62. The van der Waals surface area contributed by atoms with Crippen molar-refractivity contribution in [1.29, 1.82) is 0 Å². The minimum Gasteiger partial charge on any atom is -0.396 e. The molecule has 2 aliphatic rings. The highest BCUT2D eigenvalue weighted by atomic mass is 31.0. The van der Waals surface area contributed by atoms with Gasteiger partial charge in [-0.05, 0) is 60.7 Å². The Morgan fingerprint density at radius 3 is 2.63 bits per heavy atom. The Labute approximate surface area is 178 Å². The normalized spacial score (nSPS) is 20.3. The zero-order chi connectivity index (χ0) is 21.3. The Morgan fingerprint density at radius 1 is 1.17 bits per heavy atom. The molecular weight excluding hydrogens is 405 g/mol. The predicted octanol–water partition coefficient (Wildman–Crippen LogP) is 4.37. The number of para-hydroxylation sites is 1. The first-order chi connectivity index (χ1) is 14.4. The third-order valence-electron chi connectivity index (χ3n) is 6.05. The van der Waals surface area contributed by atoms with Gasteiger partial charge in [-0.25, -0.2) is 0 Å². The first-order valence-electron chi connectivity index (χ1n) is 10.4. The standard InChI is InChI=1S/C23H27F2N2O2P/c24-23(25,30)21-11-17(13-26-9-5-4-6-16(12-26)15-28)10-19-20(21)14-27(22(19)29)18-7-2-1-3-8-18/h1-3,7-8,10-11,16,28H,4-6,9,12-15,30H2. The van der Waals surface area contributed by atoms with E-state index >= 15 is 0 Å². The average Bonchev–Trinajstić information content (AvgIpc) is 2.90. The molecule has 2 heterocycles. The molecule has 2 aliphatic heterocycles. The third kappa shape index (κ3) is 4.41. The highest BCUT2D eigenvalue weighted by molar-refractivity contribution is 7.17. The lowest BCUT2D eigenvalue weighted by Crippen LogP contribution is -2.29. The smallest absolute Gasteiger partial charge is 0.284 e. The molecule has 160 valence electrons. The van der Waals surface area contributed by atoms with Crippen LogP contribution in [0.5, 0.6) is 0 Å². The largest absolute Gasteiger partial charge is 0.396 e. The lowest BCUT2D eigenvalue weighted by molar-refractivity contribution is 0.0996. The lowest BCUT2D eigenvalue weighted by Gasteiger charge is -2.24. The Bertz CT molecular complexity index is 917. The number of aliphatic hydroxyl groups excluding tert-OH is 1. The zero-order valence-corrected chi connectivity index (χ0v) is 18.0. The molecule has 0 radical (unpaired) electrons. The van der Waals surface area contributed by atoms with Crippen molar-refractivity contribution >= 4 is 20.8 Å². The van der Waals surface area contributed by atoms with E-state index in [0.29, 0.717) is 28.9 Å². The van der Waals surface area contributed by atoms with Crippen LogP contribution in [0, 0.1) is 5.92 Å². The monoisotopic (exact) mass is 432 g/mol. The van der Waals surface area contributed by atoms with Gasteiger partial charge in [0.05, 0.1) is 6.54 Å². The average molecular weight is 432 g/mol. The fourth-order valence-corrected chi connectivity index (χ4v) is 4.80. The van der Waals surface area contributed by atoms with Crippen LogP contribution in [0.3, 0.4) is 0 Å². The van der Waals surface area contributed by atoms with Gasteiger partial charge in [0.25, 0.3) is 11.6 Å². The molecule has 1 amide bonds. The van der Waals surface area contributed by atoms with Crippen molar-refractivity contribution in [3.05, 3.63) is 64.7 Å². The molecule has 4 rings (SSSR count). The molecule has 0 bridgehead atoms. The van der Waals surface area contributed by atoms with Gasteiger partial charge in [0, 0.05) is 36.5 Å². The van der Waals surface area contributed by atoms with E-state index in [-0.39, 0.29) is 30.5 Å². The second-order valence-corrected chi connectivity index (χ2v) is 9.02. The van der Waals surface area contributed by atoms with Crippen molar-refractivity contribution < 1.29 is 18.7 Å². The Hall–Kier alpha value is -1.88. The quantitative estimate of drug-likeness (QED) is 0.714. The summed E-state index contributed by atoms with van der Waals surface area (Å²) >= 11 is 0. The van der Waals surface area contributed by atoms with Crippen LogP contribution >= 0.6 is 9.24 Å². The summed E-state index contributed by atoms with van der Waals surface area (Å²) in [6, 6.07) is 12.5. The van der Waals surface area contributed by atoms with E-state index in [0.717, 1.165) is 32.4 Å². The number of halogens is 2. The Morgan fingerprint density at radius 2 is 1.93 bits per heavy atom. The van der Waals surface area contributed by atoms with Gasteiger partial charge >= 0.3 is 0 Å². The van der Waals surface area contributed by atoms with Crippen LogP contribution in [0.2, 0.25) is 0 Å². The second-order valence-electron chi connectivity index (χ2n) is 8.30. The molecule has 0 aliphatic carbocycles. The molecule has 2 aromatic carbocycles. The van der Waals surface area contributed by atoms with Gasteiger partial charge in [-0.2, -0.15) is 8.78 Å². The fraction of sp³-hybridized carbons (Fsp3) is 0.435. The number of hydrogen-bond donors (Lipinski definition) is 1. The van der Waals surface area contributed by atoms with Gasteiger partial charge < -0.3 is 10.0 Å². The summed E-state index contributed by atoms with van der Waals surface area (Å²) in [6.07, 6.45) is 3.07. The maximum Gasteiger partial charge on any atom is 0.284 e. The summed E-state index contributed by atoms with van der Waals surface area (Å²) in [4.78, 5) is 16.9. The molecule has 30 heavy (non-hydrogen) atoms. The van der Waals surface area contributed by atoms with Gasteiger partial charge in [0.1, 0.15) is 0 Å². The molecular formula is C23H27F2N2O2P. The minimum absolute atomic E-state index is 0.0969. The van der Waals surface area contributed by atoms with E-state index < -0.39 is 5.66 Å². The minimum atomic E-state index is -3.11. The first kappa shape index (κ1) is 21.4. The summed E-state index contributed by atoms with van der Waals surface area (Å²) in [5.41, 5.74) is -1.03. The number of anilines is 1. The number of aliphatic hydroxyl groups is 1. The van der Waals surface area contributed by atoms with Crippen LogP contribution in [-0.4, -0.2) is 35.6 Å². The zero-order valence-electron chi connectivity index (χ0n) is 16.9. The van der Waals surface area contributed by atoms with Crippen molar-refractivity contribution in [2.24, 2.45) is 5.92 Å². The highest BCUT2D eigenvalue weighted by Gasteiger charge is 2.37. The van der Waals surface area contributed by atoms with Crippen molar-refractivity contribution in [2.45, 2.75) is 38.0 Å². The number of alkyl halides is 2. The number of carbonyl (C=O) groups excluding carboxylic acids is 1. The van der Waals surface area contributed by atoms with E-state index in [1.807, 2.05) is 30.3 Å². The molecule has 4 nitrogen and oxygen atoms in total. The van der Waals surface area contributed by atoms with Crippen molar-refractivity contribution in [3.63, 3.8) is 0 Å². The van der Waals surface area contributed by atoms with Gasteiger partial charge in [-0.1, -0.05) is 33.9 Å². The molecule has 0 aromatic heterocycles. The number of carbonyl (C=O) groups is 1. The van der Waals surface area contributed by atoms with Crippen LogP contribution in [0.4, 0.5) is 14.5 Å². The Kier molecular flexibility index (Phi) is 6.19. The van der Waals surface area contributed by atoms with Gasteiger partial charge in [0.15, 0.2) is 0 Å². The molecule has 1 saturated heterocycles. The number of likely N-dealkylation sites (tertiary alicyclic amines) is 1. The van der Waals surface area contributed by atoms with Crippen LogP contribution in [-0.2, 0) is 18.8 Å². The molecule has 7 heteroatoms. The van der Waals surface area contributed by atoms with E-state index in [4.69, 9.17) is 0 Å². The number of amides is 1. The van der Waals surface area contributed by atoms with E-state index in [1.165, 1.54) is 0 Å². The van der Waals surface area contributed by atoms with Crippen molar-refractivity contribution in [1.82, 2.24) is 4.90 Å². The number of nitrogens with zero attached hydrogens (tertiary/aromatic N) is 2. The van der Waals surface area contributed by atoms with Gasteiger partial charge in [-0.3, -0.25) is 9.69 Å². The highest BCUT2D eigenvalue weighted by Crippen LogP contribution is 2.42. The third-order valence-corrected chi connectivity index (χ3v) is 6.36. The van der Waals surface area contributed by atoms with E-state index in [9.17, 15) is 18.7 Å². The maximum atomic E-state index is 14.5. The fourth-order valence-electron chi connectivity index (χ4n) is 4.54. The summed E-state index contributed by atoms with van der Waals surface area (Å²) in [6.45, 7) is 2.39. The van der Waals surface area contributed by atoms with Gasteiger partial charge in [0.2, 0.25) is 0 Å². The van der Waals surface area contributed by atoms with Crippen LogP contribution < -0.4 is 4.90 Å². The molecule has 2 aromatic rings. The summed E-state index contributed by atoms with van der Waals surface area (Å²) in [5, 5.41) is 9.57. The molecule has 1 fully saturated rings. The summed E-state index contributed by atoms with van der Waals surface area (Å²) in [5.74, 6) is -0.0302. The van der Waals surface area contributed by atoms with Crippen LogP contribution in [0.15, 0.2) is 42.5 Å². The van der Waals surface area contributed by atoms with Crippen LogP contribution in [0.25, 0.3) is 0 Å². The molecule has 2 atom stereocenters. The second kappa shape index (κ2) is 8.70. The van der Waals surface area contributed by atoms with Crippen molar-refractivity contribution in [3.8, 4) is 0 Å². The van der Waals surface area contributed by atoms with Gasteiger partial charge in [-0.15, -0.1) is 0 Å². The Balaban J connectivity index is 1.67. The summed E-state index contributed by atoms with van der Waals surface area (Å²) < 4.78 is 29.0. The molecule has 0 saturated carbocycles. The predicted molar refractivity (Wildman–Crippen MR) is 117 cm³/mol. The topological polar surface area (TPSA) is 43.8 Å². The SMILES string of the molecule is O=C1c2cc(CN3CCCCC(CO)C3)cc(C(F)(F)P)c2CN1c1ccccc1. The number of rotatable bonds is 5. The molecule has 0 spiro atoms. The number of fused-ring (bicyclic) bond motifs is 1. The first-order valence-corrected chi connectivity index (χ1v) is 11.0. The van der Waals surface area contributed by atoms with E-state index in [2.05, 4.69) is 4.90 Å². The number of hydrogen-bond acceptors (Lipinski definition) is 3. The van der Waals surface area contributed by atoms with E-state index in [1.54, 1.807) is 26.3 Å².